The first-order chi connectivity index (χ1) is 7.85. The van der Waals surface area contributed by atoms with Crippen LogP contribution in [0.1, 0.15) is 38.2 Å². The third-order valence-electron chi connectivity index (χ3n) is 4.10. The van der Waals surface area contributed by atoms with Crippen molar-refractivity contribution >= 4 is 0 Å². The van der Waals surface area contributed by atoms with Crippen molar-refractivity contribution in [2.75, 3.05) is 13.1 Å². The average molecular weight is 217 g/mol. The molecule has 2 rings (SSSR count). The van der Waals surface area contributed by atoms with Gasteiger partial charge in [0.05, 0.1) is 0 Å². The Bertz CT molecular complexity index is 295. The minimum absolute atomic E-state index is 0.649. The van der Waals surface area contributed by atoms with Gasteiger partial charge in [0, 0.05) is 6.54 Å². The molecule has 16 heavy (non-hydrogen) atoms. The van der Waals surface area contributed by atoms with E-state index in [1.807, 2.05) is 0 Å². The van der Waals surface area contributed by atoms with E-state index in [1.54, 1.807) is 0 Å². The lowest BCUT2D eigenvalue weighted by atomic mass is 9.67. The Morgan fingerprint density at radius 3 is 2.50 bits per heavy atom. The zero-order valence-electron chi connectivity index (χ0n) is 10.3. The third kappa shape index (κ3) is 2.85. The number of benzene rings is 1. The van der Waals surface area contributed by atoms with Gasteiger partial charge in [-0.3, -0.25) is 0 Å². The highest BCUT2D eigenvalue weighted by Gasteiger charge is 2.34. The van der Waals surface area contributed by atoms with Gasteiger partial charge in [0.25, 0.3) is 0 Å². The summed E-state index contributed by atoms with van der Waals surface area (Å²) in [5, 5.41) is 3.63. The molecule has 0 radical (unpaired) electrons. The van der Waals surface area contributed by atoms with Gasteiger partial charge in [-0.1, -0.05) is 43.7 Å². The lowest BCUT2D eigenvalue weighted by molar-refractivity contribution is 0.124. The standard InChI is InChI=1S/C15H23N/c1-2-15(10-6-11-15)13-16-12-9-14-7-4-3-5-8-14/h3-5,7-8,16H,2,6,9-13H2,1H3. The topological polar surface area (TPSA) is 12.0 Å². The number of nitrogens with one attached hydrogen (secondary N) is 1. The minimum atomic E-state index is 0.649. The van der Waals surface area contributed by atoms with Gasteiger partial charge in [0.1, 0.15) is 0 Å². The van der Waals surface area contributed by atoms with E-state index in [1.165, 1.54) is 37.8 Å². The van der Waals surface area contributed by atoms with Crippen molar-refractivity contribution in [3.05, 3.63) is 35.9 Å². The molecule has 0 atom stereocenters. The van der Waals surface area contributed by atoms with Gasteiger partial charge in [-0.15, -0.1) is 0 Å². The molecule has 1 aromatic carbocycles. The van der Waals surface area contributed by atoms with Crippen LogP contribution in [0, 0.1) is 5.41 Å². The van der Waals surface area contributed by atoms with Gasteiger partial charge in [-0.05, 0) is 43.2 Å². The average Bonchev–Trinajstić information content (AvgIpc) is 2.29. The van der Waals surface area contributed by atoms with Gasteiger partial charge in [0.15, 0.2) is 0 Å². The predicted octanol–water partition coefficient (Wildman–Crippen LogP) is 3.40. The van der Waals surface area contributed by atoms with E-state index >= 15 is 0 Å². The minimum Gasteiger partial charge on any atom is -0.316 e. The van der Waals surface area contributed by atoms with Crippen molar-refractivity contribution in [1.29, 1.82) is 0 Å². The van der Waals surface area contributed by atoms with Crippen molar-refractivity contribution < 1.29 is 0 Å². The number of rotatable bonds is 6. The Balaban J connectivity index is 1.65. The zero-order chi connectivity index (χ0) is 11.3. The van der Waals surface area contributed by atoms with E-state index in [4.69, 9.17) is 0 Å². The summed E-state index contributed by atoms with van der Waals surface area (Å²) < 4.78 is 0. The van der Waals surface area contributed by atoms with Crippen LogP contribution in [0.4, 0.5) is 0 Å². The highest BCUT2D eigenvalue weighted by atomic mass is 14.9. The van der Waals surface area contributed by atoms with Crippen LogP contribution >= 0.6 is 0 Å². The first-order valence-electron chi connectivity index (χ1n) is 6.59. The fourth-order valence-electron chi connectivity index (χ4n) is 2.56. The van der Waals surface area contributed by atoms with Crippen molar-refractivity contribution in [2.45, 2.75) is 39.0 Å². The summed E-state index contributed by atoms with van der Waals surface area (Å²) in [5.41, 5.74) is 2.09. The van der Waals surface area contributed by atoms with Crippen molar-refractivity contribution in [1.82, 2.24) is 5.32 Å². The molecule has 0 saturated heterocycles. The Kier molecular flexibility index (Phi) is 4.00. The molecule has 1 aromatic rings. The van der Waals surface area contributed by atoms with E-state index in [0.717, 1.165) is 13.0 Å². The van der Waals surface area contributed by atoms with E-state index < -0.39 is 0 Å². The molecule has 1 aliphatic rings. The van der Waals surface area contributed by atoms with Crippen LogP contribution in [-0.2, 0) is 6.42 Å². The van der Waals surface area contributed by atoms with Crippen LogP contribution in [0.2, 0.25) is 0 Å². The number of hydrogen-bond donors (Lipinski definition) is 1. The molecule has 1 saturated carbocycles. The first-order valence-corrected chi connectivity index (χ1v) is 6.59. The maximum absolute atomic E-state index is 3.63. The summed E-state index contributed by atoms with van der Waals surface area (Å²) in [7, 11) is 0. The molecule has 1 N–H and O–H groups in total. The van der Waals surface area contributed by atoms with Crippen molar-refractivity contribution in [2.24, 2.45) is 5.41 Å². The van der Waals surface area contributed by atoms with Crippen LogP contribution in [-0.4, -0.2) is 13.1 Å². The van der Waals surface area contributed by atoms with Crippen LogP contribution < -0.4 is 5.32 Å². The van der Waals surface area contributed by atoms with Gasteiger partial charge in [0.2, 0.25) is 0 Å². The first kappa shape index (κ1) is 11.7. The molecule has 1 nitrogen and oxygen atoms in total. The molecule has 88 valence electrons. The van der Waals surface area contributed by atoms with Gasteiger partial charge < -0.3 is 5.32 Å². The molecule has 0 bridgehead atoms. The van der Waals surface area contributed by atoms with Crippen LogP contribution in [0.15, 0.2) is 30.3 Å². The Morgan fingerprint density at radius 2 is 1.94 bits per heavy atom. The maximum atomic E-state index is 3.63. The van der Waals surface area contributed by atoms with Gasteiger partial charge in [-0.25, -0.2) is 0 Å². The smallest absolute Gasteiger partial charge is 0.000783 e. The quantitative estimate of drug-likeness (QED) is 0.720. The molecular weight excluding hydrogens is 194 g/mol. The zero-order valence-corrected chi connectivity index (χ0v) is 10.3. The second-order valence-corrected chi connectivity index (χ2v) is 5.12. The van der Waals surface area contributed by atoms with Crippen LogP contribution in [0.5, 0.6) is 0 Å². The maximum Gasteiger partial charge on any atom is 0.000783 e. The van der Waals surface area contributed by atoms with E-state index in [9.17, 15) is 0 Å². The Morgan fingerprint density at radius 1 is 1.19 bits per heavy atom. The fourth-order valence-corrected chi connectivity index (χ4v) is 2.56. The fraction of sp³-hybridized carbons (Fsp3) is 0.600. The second kappa shape index (κ2) is 5.49. The van der Waals surface area contributed by atoms with Gasteiger partial charge in [-0.2, -0.15) is 0 Å². The summed E-state index contributed by atoms with van der Waals surface area (Å²) in [6.07, 6.45) is 6.80. The van der Waals surface area contributed by atoms with Gasteiger partial charge >= 0.3 is 0 Å². The van der Waals surface area contributed by atoms with E-state index in [0.29, 0.717) is 5.41 Å². The van der Waals surface area contributed by atoms with Crippen LogP contribution in [0.3, 0.4) is 0 Å². The molecule has 0 spiro atoms. The molecule has 1 heteroatoms. The molecule has 0 aromatic heterocycles. The Labute approximate surface area is 99.3 Å². The normalized spacial score (nSPS) is 18.1. The SMILES string of the molecule is CCC1(CNCCc2ccccc2)CCC1. The summed E-state index contributed by atoms with van der Waals surface area (Å²) in [4.78, 5) is 0. The summed E-state index contributed by atoms with van der Waals surface area (Å²) in [6, 6.07) is 10.7. The highest BCUT2D eigenvalue weighted by Crippen LogP contribution is 2.42. The molecule has 0 aliphatic heterocycles. The lowest BCUT2D eigenvalue weighted by Crippen LogP contribution is -2.40. The molecule has 0 amide bonds. The largest absolute Gasteiger partial charge is 0.316 e. The van der Waals surface area contributed by atoms with Crippen molar-refractivity contribution in [3.63, 3.8) is 0 Å². The third-order valence-corrected chi connectivity index (χ3v) is 4.10. The Hall–Kier alpha value is -0.820. The summed E-state index contributed by atoms with van der Waals surface area (Å²) in [6.45, 7) is 4.67. The lowest BCUT2D eigenvalue weighted by Gasteiger charge is -2.41. The van der Waals surface area contributed by atoms with E-state index in [2.05, 4.69) is 42.6 Å². The molecule has 1 aliphatic carbocycles. The number of hydrogen-bond acceptors (Lipinski definition) is 1. The highest BCUT2D eigenvalue weighted by molar-refractivity contribution is 5.14. The predicted molar refractivity (Wildman–Crippen MR) is 69.6 cm³/mol. The summed E-state index contributed by atoms with van der Waals surface area (Å²) >= 11 is 0. The molecular formula is C15H23N. The molecule has 0 unspecified atom stereocenters. The summed E-state index contributed by atoms with van der Waals surface area (Å²) in [5.74, 6) is 0. The second-order valence-electron chi connectivity index (χ2n) is 5.12. The van der Waals surface area contributed by atoms with E-state index in [-0.39, 0.29) is 0 Å². The monoisotopic (exact) mass is 217 g/mol. The van der Waals surface area contributed by atoms with Crippen molar-refractivity contribution in [3.8, 4) is 0 Å². The molecule has 0 heterocycles. The molecule has 1 fully saturated rings. The van der Waals surface area contributed by atoms with Crippen LogP contribution in [0.25, 0.3) is 0 Å².